The van der Waals surface area contributed by atoms with Gasteiger partial charge >= 0.3 is 0 Å². The number of aryl methyl sites for hydroxylation is 1. The molecule has 9 heteroatoms. The Morgan fingerprint density at radius 2 is 1.85 bits per heavy atom. The molecule has 2 aromatic carbocycles. The standard InChI is InChI=1S/C17H15ClN4O3S/c1-11-5-7-13(8-6-11)22-26(24,25)17-15(10-19-21-17)16(23)20-14-4-2-3-12(18)9-14/h2-10,22H,1H3,(H,19,21)(H,20,23). The second kappa shape index (κ2) is 7.19. The molecule has 1 aromatic heterocycles. The number of hydrogen-bond acceptors (Lipinski definition) is 4. The number of benzene rings is 2. The van der Waals surface area contributed by atoms with Gasteiger partial charge in [-0.2, -0.15) is 13.5 Å². The van der Waals surface area contributed by atoms with Crippen molar-refractivity contribution in [2.75, 3.05) is 10.0 Å². The molecule has 0 fully saturated rings. The van der Waals surface area contributed by atoms with Crippen molar-refractivity contribution < 1.29 is 13.2 Å². The van der Waals surface area contributed by atoms with E-state index in [1.54, 1.807) is 48.5 Å². The molecule has 0 aliphatic carbocycles. The first-order chi connectivity index (χ1) is 12.3. The van der Waals surface area contributed by atoms with Gasteiger partial charge in [-0.05, 0) is 37.3 Å². The molecule has 0 aliphatic rings. The lowest BCUT2D eigenvalue weighted by molar-refractivity contribution is 0.102. The number of anilines is 2. The van der Waals surface area contributed by atoms with E-state index in [2.05, 4.69) is 20.2 Å². The zero-order valence-corrected chi connectivity index (χ0v) is 15.2. The summed E-state index contributed by atoms with van der Waals surface area (Å²) in [6.45, 7) is 1.89. The zero-order valence-electron chi connectivity index (χ0n) is 13.7. The summed E-state index contributed by atoms with van der Waals surface area (Å²) in [6, 6.07) is 13.3. The van der Waals surface area contributed by atoms with Gasteiger partial charge in [0.1, 0.15) is 0 Å². The highest BCUT2D eigenvalue weighted by atomic mass is 35.5. The lowest BCUT2D eigenvalue weighted by Crippen LogP contribution is -2.19. The summed E-state index contributed by atoms with van der Waals surface area (Å²) in [7, 11) is -4.01. The third-order valence-corrected chi connectivity index (χ3v) is 5.09. The molecule has 0 bridgehead atoms. The van der Waals surface area contributed by atoms with Crippen LogP contribution in [-0.2, 0) is 10.0 Å². The molecular formula is C17H15ClN4O3S. The van der Waals surface area contributed by atoms with Gasteiger partial charge in [-0.25, -0.2) is 0 Å². The van der Waals surface area contributed by atoms with Crippen LogP contribution in [0.15, 0.2) is 59.8 Å². The van der Waals surface area contributed by atoms with Crippen molar-refractivity contribution in [1.29, 1.82) is 0 Å². The van der Waals surface area contributed by atoms with E-state index in [0.717, 1.165) is 11.8 Å². The van der Waals surface area contributed by atoms with Crippen molar-refractivity contribution in [2.45, 2.75) is 11.9 Å². The predicted octanol–water partition coefficient (Wildman–Crippen LogP) is 3.42. The van der Waals surface area contributed by atoms with Crippen LogP contribution in [0.3, 0.4) is 0 Å². The number of rotatable bonds is 5. The summed E-state index contributed by atoms with van der Waals surface area (Å²) in [5.74, 6) is -0.620. The number of H-pyrrole nitrogens is 1. The minimum Gasteiger partial charge on any atom is -0.322 e. The molecule has 3 aromatic rings. The molecular weight excluding hydrogens is 376 g/mol. The van der Waals surface area contributed by atoms with Crippen LogP contribution in [0.2, 0.25) is 5.02 Å². The summed E-state index contributed by atoms with van der Waals surface area (Å²) < 4.78 is 27.6. The van der Waals surface area contributed by atoms with E-state index in [1.807, 2.05) is 6.92 Å². The van der Waals surface area contributed by atoms with E-state index in [9.17, 15) is 13.2 Å². The number of carbonyl (C=O) groups excluding carboxylic acids is 1. The number of sulfonamides is 1. The van der Waals surface area contributed by atoms with Crippen molar-refractivity contribution >= 4 is 38.9 Å². The molecule has 26 heavy (non-hydrogen) atoms. The van der Waals surface area contributed by atoms with Gasteiger partial charge < -0.3 is 5.32 Å². The van der Waals surface area contributed by atoms with Crippen LogP contribution in [0.5, 0.6) is 0 Å². The van der Waals surface area contributed by atoms with Gasteiger partial charge in [0.15, 0.2) is 5.03 Å². The Labute approximate surface area is 155 Å². The quantitative estimate of drug-likeness (QED) is 0.620. The molecule has 0 saturated carbocycles. The number of hydrogen-bond donors (Lipinski definition) is 3. The first kappa shape index (κ1) is 18.0. The Morgan fingerprint density at radius 1 is 1.12 bits per heavy atom. The number of nitrogens with one attached hydrogen (secondary N) is 3. The maximum absolute atomic E-state index is 12.6. The molecule has 1 heterocycles. The molecule has 7 nitrogen and oxygen atoms in total. The van der Waals surface area contributed by atoms with E-state index in [1.165, 1.54) is 0 Å². The molecule has 0 aliphatic heterocycles. The minimum absolute atomic E-state index is 0.107. The third-order valence-electron chi connectivity index (χ3n) is 3.50. The van der Waals surface area contributed by atoms with E-state index < -0.39 is 15.9 Å². The lowest BCUT2D eigenvalue weighted by atomic mass is 10.2. The number of nitrogens with zero attached hydrogens (tertiary/aromatic N) is 1. The van der Waals surface area contributed by atoms with E-state index >= 15 is 0 Å². The summed E-state index contributed by atoms with van der Waals surface area (Å²) in [6.07, 6.45) is 1.16. The summed E-state index contributed by atoms with van der Waals surface area (Å²) in [4.78, 5) is 12.4. The van der Waals surface area contributed by atoms with Gasteiger partial charge in [0, 0.05) is 16.4 Å². The third kappa shape index (κ3) is 4.04. The second-order valence-corrected chi connectivity index (χ2v) is 7.60. The maximum atomic E-state index is 12.6. The lowest BCUT2D eigenvalue weighted by Gasteiger charge is -2.09. The van der Waals surface area contributed by atoms with Gasteiger partial charge in [-0.15, -0.1) is 0 Å². The van der Waals surface area contributed by atoms with Crippen molar-refractivity contribution in [3.8, 4) is 0 Å². The van der Waals surface area contributed by atoms with Crippen LogP contribution >= 0.6 is 11.6 Å². The summed E-state index contributed by atoms with van der Waals surface area (Å²) >= 11 is 5.88. The monoisotopic (exact) mass is 390 g/mol. The molecule has 1 amide bonds. The summed E-state index contributed by atoms with van der Waals surface area (Å²) in [5, 5.41) is 8.78. The van der Waals surface area contributed by atoms with E-state index in [-0.39, 0.29) is 10.6 Å². The Balaban J connectivity index is 1.84. The second-order valence-electron chi connectivity index (χ2n) is 5.55. The van der Waals surface area contributed by atoms with Crippen molar-refractivity contribution in [3.63, 3.8) is 0 Å². The van der Waals surface area contributed by atoms with Crippen molar-refractivity contribution in [1.82, 2.24) is 10.2 Å². The molecule has 0 radical (unpaired) electrons. The fourth-order valence-corrected chi connectivity index (χ4v) is 3.58. The fraction of sp³-hybridized carbons (Fsp3) is 0.0588. The minimum atomic E-state index is -4.01. The molecule has 0 spiro atoms. The van der Waals surface area contributed by atoms with Crippen LogP contribution in [0.4, 0.5) is 11.4 Å². The highest BCUT2D eigenvalue weighted by Gasteiger charge is 2.25. The van der Waals surface area contributed by atoms with E-state index in [0.29, 0.717) is 16.4 Å². The Morgan fingerprint density at radius 3 is 2.54 bits per heavy atom. The average molecular weight is 391 g/mol. The fourth-order valence-electron chi connectivity index (χ4n) is 2.23. The normalized spacial score (nSPS) is 11.2. The number of amides is 1. The first-order valence-electron chi connectivity index (χ1n) is 7.55. The predicted molar refractivity (Wildman–Crippen MR) is 100.0 cm³/mol. The van der Waals surface area contributed by atoms with Gasteiger partial charge in [0.25, 0.3) is 15.9 Å². The van der Waals surface area contributed by atoms with Gasteiger partial charge in [0.05, 0.1) is 11.8 Å². The molecule has 0 atom stereocenters. The molecule has 134 valence electrons. The highest BCUT2D eigenvalue weighted by Crippen LogP contribution is 2.20. The Hall–Kier alpha value is -2.84. The van der Waals surface area contributed by atoms with Crippen LogP contribution < -0.4 is 10.0 Å². The van der Waals surface area contributed by atoms with Crippen LogP contribution in [-0.4, -0.2) is 24.5 Å². The number of carbonyl (C=O) groups is 1. The Kier molecular flexibility index (Phi) is 4.97. The average Bonchev–Trinajstić information content (AvgIpc) is 3.08. The molecule has 3 N–H and O–H groups in total. The number of aromatic amines is 1. The first-order valence-corrected chi connectivity index (χ1v) is 9.41. The van der Waals surface area contributed by atoms with Gasteiger partial charge in [-0.3, -0.25) is 14.6 Å². The van der Waals surface area contributed by atoms with E-state index in [4.69, 9.17) is 11.6 Å². The Bertz CT molecular complexity index is 1050. The van der Waals surface area contributed by atoms with Crippen LogP contribution in [0.1, 0.15) is 15.9 Å². The maximum Gasteiger partial charge on any atom is 0.279 e. The zero-order chi connectivity index (χ0) is 18.7. The largest absolute Gasteiger partial charge is 0.322 e. The smallest absolute Gasteiger partial charge is 0.279 e. The van der Waals surface area contributed by atoms with Crippen LogP contribution in [0, 0.1) is 6.92 Å². The topological polar surface area (TPSA) is 104 Å². The van der Waals surface area contributed by atoms with Crippen molar-refractivity contribution in [2.24, 2.45) is 0 Å². The van der Waals surface area contributed by atoms with Crippen molar-refractivity contribution in [3.05, 3.63) is 70.9 Å². The number of aromatic nitrogens is 2. The van der Waals surface area contributed by atoms with Gasteiger partial charge in [0.2, 0.25) is 0 Å². The SMILES string of the molecule is Cc1ccc(NS(=O)(=O)c2[nH]ncc2C(=O)Nc2cccc(Cl)c2)cc1. The number of halogens is 1. The van der Waals surface area contributed by atoms with Crippen LogP contribution in [0.25, 0.3) is 0 Å². The molecule has 3 rings (SSSR count). The van der Waals surface area contributed by atoms with Gasteiger partial charge in [-0.1, -0.05) is 35.4 Å². The molecule has 0 saturated heterocycles. The highest BCUT2D eigenvalue weighted by molar-refractivity contribution is 7.92. The summed E-state index contributed by atoms with van der Waals surface area (Å²) in [5.41, 5.74) is 1.71. The molecule has 0 unspecified atom stereocenters.